The molecule has 0 rings (SSSR count). The van der Waals surface area contributed by atoms with Gasteiger partial charge >= 0.3 is 0 Å². The maximum Gasteiger partial charge on any atom is 0.00313 e. The van der Waals surface area contributed by atoms with E-state index in [0.29, 0.717) is 0 Å². The van der Waals surface area contributed by atoms with Gasteiger partial charge in [0.25, 0.3) is 0 Å². The van der Waals surface area contributed by atoms with E-state index in [1.54, 1.807) is 0 Å². The Balaban J connectivity index is 3.00. The molecule has 0 fully saturated rings. The number of halogens is 2. The number of rotatable bonds is 14. The topological polar surface area (TPSA) is 0 Å². The molecule has 0 N–H and O–H groups in total. The Labute approximate surface area is 131 Å². The molecule has 0 aliphatic carbocycles. The van der Waals surface area contributed by atoms with E-state index in [0.717, 1.165) is 0 Å². The van der Waals surface area contributed by atoms with Crippen molar-refractivity contribution in [2.75, 3.05) is 10.7 Å². The summed E-state index contributed by atoms with van der Waals surface area (Å²) in [5.74, 6) is 0. The highest BCUT2D eigenvalue weighted by Crippen LogP contribution is 2.09. The highest BCUT2D eigenvalue weighted by molar-refractivity contribution is 9.09. The van der Waals surface area contributed by atoms with E-state index in [1.165, 1.54) is 87.7 Å². The second kappa shape index (κ2) is 17.7. The minimum absolute atomic E-state index is 1.17. The van der Waals surface area contributed by atoms with Crippen molar-refractivity contribution in [2.45, 2.75) is 77.0 Å². The van der Waals surface area contributed by atoms with Crippen LogP contribution in [0.4, 0.5) is 0 Å². The SMILES string of the molecule is BrCCCCCCCC=CCCCCCCCBr. The standard InChI is InChI=1S/C16H30Br2/c17-15-13-11-9-7-5-3-1-2-4-6-8-10-12-14-16-18/h1-2H,3-16H2. The summed E-state index contributed by atoms with van der Waals surface area (Å²) in [4.78, 5) is 0. The third-order valence-electron chi connectivity index (χ3n) is 3.18. The van der Waals surface area contributed by atoms with E-state index in [9.17, 15) is 0 Å². The number of hydrogen-bond donors (Lipinski definition) is 0. The van der Waals surface area contributed by atoms with Crippen LogP contribution in [0.3, 0.4) is 0 Å². The zero-order chi connectivity index (χ0) is 13.3. The van der Waals surface area contributed by atoms with Gasteiger partial charge in [-0.05, 0) is 38.5 Å². The van der Waals surface area contributed by atoms with Gasteiger partial charge < -0.3 is 0 Å². The zero-order valence-electron chi connectivity index (χ0n) is 11.8. The molecule has 0 radical (unpaired) electrons. The molecule has 0 amide bonds. The lowest BCUT2D eigenvalue weighted by molar-refractivity contribution is 0.634. The van der Waals surface area contributed by atoms with E-state index < -0.39 is 0 Å². The van der Waals surface area contributed by atoms with E-state index >= 15 is 0 Å². The summed E-state index contributed by atoms with van der Waals surface area (Å²) in [6.45, 7) is 0. The predicted molar refractivity (Wildman–Crippen MR) is 92.1 cm³/mol. The van der Waals surface area contributed by atoms with Crippen LogP contribution in [-0.2, 0) is 0 Å². The average Bonchev–Trinajstić information content (AvgIpc) is 2.39. The first-order chi connectivity index (χ1) is 8.91. The van der Waals surface area contributed by atoms with Gasteiger partial charge in [-0.15, -0.1) is 0 Å². The molecule has 0 saturated carbocycles. The zero-order valence-corrected chi connectivity index (χ0v) is 15.0. The van der Waals surface area contributed by atoms with Crippen molar-refractivity contribution >= 4 is 31.9 Å². The summed E-state index contributed by atoms with van der Waals surface area (Å²) in [5.41, 5.74) is 0. The molecule has 0 atom stereocenters. The van der Waals surface area contributed by atoms with Crippen LogP contribution < -0.4 is 0 Å². The minimum atomic E-state index is 1.17. The van der Waals surface area contributed by atoms with Crippen molar-refractivity contribution in [1.82, 2.24) is 0 Å². The van der Waals surface area contributed by atoms with E-state index in [-0.39, 0.29) is 0 Å². The fourth-order valence-electron chi connectivity index (χ4n) is 2.01. The summed E-state index contributed by atoms with van der Waals surface area (Å²) in [5, 5.41) is 2.34. The van der Waals surface area contributed by atoms with E-state index in [1.807, 2.05) is 0 Å². The van der Waals surface area contributed by atoms with Gasteiger partial charge in [0.1, 0.15) is 0 Å². The number of hydrogen-bond acceptors (Lipinski definition) is 0. The average molecular weight is 382 g/mol. The van der Waals surface area contributed by atoms with Crippen LogP contribution in [0.5, 0.6) is 0 Å². The predicted octanol–water partition coefficient (Wildman–Crippen LogP) is 7.01. The van der Waals surface area contributed by atoms with Gasteiger partial charge in [0.2, 0.25) is 0 Å². The number of alkyl halides is 2. The molecule has 18 heavy (non-hydrogen) atoms. The first kappa shape index (κ1) is 18.7. The van der Waals surface area contributed by atoms with Gasteiger partial charge in [0, 0.05) is 10.7 Å². The molecular formula is C16H30Br2. The maximum atomic E-state index is 3.47. The number of allylic oxidation sites excluding steroid dienone is 2. The molecule has 0 heterocycles. The largest absolute Gasteiger partial charge is 0.0928 e. The van der Waals surface area contributed by atoms with Gasteiger partial charge in [-0.3, -0.25) is 0 Å². The van der Waals surface area contributed by atoms with Gasteiger partial charge in [0.05, 0.1) is 0 Å². The third kappa shape index (κ3) is 16.7. The monoisotopic (exact) mass is 380 g/mol. The molecule has 0 aromatic heterocycles. The Bertz CT molecular complexity index is 148. The molecule has 108 valence electrons. The third-order valence-corrected chi connectivity index (χ3v) is 4.30. The van der Waals surface area contributed by atoms with Crippen molar-refractivity contribution in [3.05, 3.63) is 12.2 Å². The highest BCUT2D eigenvalue weighted by Gasteiger charge is 1.90. The summed E-state index contributed by atoms with van der Waals surface area (Å²) in [6, 6.07) is 0. The van der Waals surface area contributed by atoms with E-state index in [4.69, 9.17) is 0 Å². The molecule has 0 aliphatic heterocycles. The summed E-state index contributed by atoms with van der Waals surface area (Å²) >= 11 is 6.95. The van der Waals surface area contributed by atoms with Gasteiger partial charge in [-0.25, -0.2) is 0 Å². The lowest BCUT2D eigenvalue weighted by atomic mass is 10.1. The molecule has 0 aliphatic rings. The molecule has 0 nitrogen and oxygen atoms in total. The first-order valence-electron chi connectivity index (χ1n) is 7.68. The minimum Gasteiger partial charge on any atom is -0.0928 e. The molecule has 2 heteroatoms. The normalized spacial score (nSPS) is 11.4. The Morgan fingerprint density at radius 2 is 0.778 bits per heavy atom. The van der Waals surface area contributed by atoms with Gasteiger partial charge in [0.15, 0.2) is 0 Å². The first-order valence-corrected chi connectivity index (χ1v) is 9.93. The van der Waals surface area contributed by atoms with E-state index in [2.05, 4.69) is 44.0 Å². The fourth-order valence-corrected chi connectivity index (χ4v) is 2.80. The van der Waals surface area contributed by atoms with Crippen LogP contribution in [-0.4, -0.2) is 10.7 Å². The fraction of sp³-hybridized carbons (Fsp3) is 0.875. The second-order valence-electron chi connectivity index (χ2n) is 4.96. The highest BCUT2D eigenvalue weighted by atomic mass is 79.9. The van der Waals surface area contributed by atoms with Crippen molar-refractivity contribution in [3.8, 4) is 0 Å². The molecule has 0 unspecified atom stereocenters. The van der Waals surface area contributed by atoms with Crippen LogP contribution >= 0.6 is 31.9 Å². The Morgan fingerprint density at radius 3 is 1.17 bits per heavy atom. The molecule has 0 bridgehead atoms. The lowest BCUT2D eigenvalue weighted by Gasteiger charge is -1.98. The quantitative estimate of drug-likeness (QED) is 0.172. The van der Waals surface area contributed by atoms with Gasteiger partial charge in [-0.2, -0.15) is 0 Å². The summed E-state index contributed by atoms with van der Waals surface area (Å²) in [7, 11) is 0. The smallest absolute Gasteiger partial charge is 0.00313 e. The van der Waals surface area contributed by atoms with Crippen molar-refractivity contribution in [3.63, 3.8) is 0 Å². The van der Waals surface area contributed by atoms with Crippen molar-refractivity contribution < 1.29 is 0 Å². The Hall–Kier alpha value is 0.700. The Kier molecular flexibility index (Phi) is 18.4. The van der Waals surface area contributed by atoms with Crippen molar-refractivity contribution in [2.24, 2.45) is 0 Å². The molecule has 0 saturated heterocycles. The maximum absolute atomic E-state index is 3.47. The number of unbranched alkanes of at least 4 members (excludes halogenated alkanes) is 10. The van der Waals surface area contributed by atoms with Crippen molar-refractivity contribution in [1.29, 1.82) is 0 Å². The van der Waals surface area contributed by atoms with Crippen LogP contribution in [0.1, 0.15) is 77.0 Å². The summed E-state index contributed by atoms with van der Waals surface area (Å²) in [6.07, 6.45) is 21.2. The van der Waals surface area contributed by atoms with Crippen LogP contribution in [0.2, 0.25) is 0 Å². The molecular weight excluding hydrogens is 352 g/mol. The molecule has 0 spiro atoms. The molecule has 0 aromatic rings. The molecule has 0 aromatic carbocycles. The van der Waals surface area contributed by atoms with Crippen LogP contribution in [0.25, 0.3) is 0 Å². The second-order valence-corrected chi connectivity index (χ2v) is 6.55. The van der Waals surface area contributed by atoms with Crippen LogP contribution in [0, 0.1) is 0 Å². The summed E-state index contributed by atoms with van der Waals surface area (Å²) < 4.78 is 0. The lowest BCUT2D eigenvalue weighted by Crippen LogP contribution is -1.80. The Morgan fingerprint density at radius 1 is 0.444 bits per heavy atom. The van der Waals surface area contributed by atoms with Crippen LogP contribution in [0.15, 0.2) is 12.2 Å². The van der Waals surface area contributed by atoms with Gasteiger partial charge in [-0.1, -0.05) is 82.5 Å².